The molecular weight excluding hydrogens is 290 g/mol. The summed E-state index contributed by atoms with van der Waals surface area (Å²) in [5.74, 6) is 0.992. The summed E-state index contributed by atoms with van der Waals surface area (Å²) < 4.78 is 1.03. The molecule has 2 heterocycles. The predicted octanol–water partition coefficient (Wildman–Crippen LogP) is 2.99. The van der Waals surface area contributed by atoms with Gasteiger partial charge in [-0.2, -0.15) is 0 Å². The highest BCUT2D eigenvalue weighted by molar-refractivity contribution is 9.10. The highest BCUT2D eigenvalue weighted by Crippen LogP contribution is 2.30. The summed E-state index contributed by atoms with van der Waals surface area (Å²) in [7, 11) is 0. The smallest absolute Gasteiger partial charge is 0.143 e. The molecule has 1 aliphatic heterocycles. The van der Waals surface area contributed by atoms with Crippen molar-refractivity contribution in [3.8, 4) is 0 Å². The zero-order valence-corrected chi connectivity index (χ0v) is 11.5. The highest BCUT2D eigenvalue weighted by atomic mass is 79.9. The van der Waals surface area contributed by atoms with E-state index in [0.717, 1.165) is 35.5 Å². The van der Waals surface area contributed by atoms with Gasteiger partial charge in [0.15, 0.2) is 0 Å². The Morgan fingerprint density at radius 1 is 1.22 bits per heavy atom. The second-order valence-corrected chi connectivity index (χ2v) is 5.32. The molecule has 0 unspecified atom stereocenters. The summed E-state index contributed by atoms with van der Waals surface area (Å²) >= 11 is 3.55. The van der Waals surface area contributed by atoms with Crippen LogP contribution in [0.5, 0.6) is 0 Å². The summed E-state index contributed by atoms with van der Waals surface area (Å²) in [6, 6.07) is 10.1. The van der Waals surface area contributed by atoms with Gasteiger partial charge in [0, 0.05) is 25.0 Å². The molecule has 0 spiro atoms. The van der Waals surface area contributed by atoms with Gasteiger partial charge in [-0.05, 0) is 51.7 Å². The van der Waals surface area contributed by atoms with Gasteiger partial charge >= 0.3 is 0 Å². The maximum Gasteiger partial charge on any atom is 0.143 e. The first-order chi connectivity index (χ1) is 8.75. The zero-order chi connectivity index (χ0) is 12.5. The molecule has 0 radical (unpaired) electrons. The summed E-state index contributed by atoms with van der Waals surface area (Å²) in [6.45, 7) is 1.81. The van der Waals surface area contributed by atoms with E-state index in [1.165, 1.54) is 11.1 Å². The fourth-order valence-corrected chi connectivity index (χ4v) is 2.90. The average Bonchev–Trinajstić information content (AvgIpc) is 2.40. The highest BCUT2D eigenvalue weighted by Gasteiger charge is 2.20. The predicted molar refractivity (Wildman–Crippen MR) is 77.5 cm³/mol. The number of aromatic nitrogens is 1. The van der Waals surface area contributed by atoms with E-state index >= 15 is 0 Å². The van der Waals surface area contributed by atoms with Gasteiger partial charge in [0.25, 0.3) is 0 Å². The van der Waals surface area contributed by atoms with E-state index in [9.17, 15) is 0 Å². The molecule has 2 N–H and O–H groups in total. The summed E-state index contributed by atoms with van der Waals surface area (Å²) in [6.07, 6.45) is 2.84. The van der Waals surface area contributed by atoms with Crippen molar-refractivity contribution in [3.63, 3.8) is 0 Å². The van der Waals surface area contributed by atoms with Crippen LogP contribution >= 0.6 is 15.9 Å². The van der Waals surface area contributed by atoms with E-state index in [4.69, 9.17) is 5.73 Å². The second kappa shape index (κ2) is 4.61. The summed E-state index contributed by atoms with van der Waals surface area (Å²) in [5, 5.41) is 0. The molecule has 0 saturated carbocycles. The normalized spacial score (nSPS) is 14.4. The largest absolute Gasteiger partial charge is 0.398 e. The molecule has 3 rings (SSSR count). The second-order valence-electron chi connectivity index (χ2n) is 4.47. The van der Waals surface area contributed by atoms with Crippen LogP contribution in [0.1, 0.15) is 11.1 Å². The summed E-state index contributed by atoms with van der Waals surface area (Å²) in [4.78, 5) is 6.71. The first-order valence-electron chi connectivity index (χ1n) is 5.97. The lowest BCUT2D eigenvalue weighted by Gasteiger charge is -2.31. The lowest BCUT2D eigenvalue weighted by molar-refractivity contribution is 0.721. The van der Waals surface area contributed by atoms with E-state index in [0.29, 0.717) is 0 Å². The first-order valence-corrected chi connectivity index (χ1v) is 6.76. The number of pyridine rings is 1. The third kappa shape index (κ3) is 1.97. The molecule has 18 heavy (non-hydrogen) atoms. The van der Waals surface area contributed by atoms with Gasteiger partial charge in [-0.1, -0.05) is 12.1 Å². The van der Waals surface area contributed by atoms with Crippen LogP contribution in [-0.2, 0) is 13.0 Å². The van der Waals surface area contributed by atoms with Crippen LogP contribution in [0.25, 0.3) is 0 Å². The Balaban J connectivity index is 1.96. The first kappa shape index (κ1) is 11.5. The maximum absolute atomic E-state index is 6.06. The minimum atomic E-state index is 0.831. The van der Waals surface area contributed by atoms with Crippen molar-refractivity contribution in [3.05, 3.63) is 52.1 Å². The van der Waals surface area contributed by atoms with Crippen molar-refractivity contribution in [1.82, 2.24) is 4.98 Å². The molecule has 1 aromatic heterocycles. The van der Waals surface area contributed by atoms with Crippen LogP contribution in [0.4, 0.5) is 11.5 Å². The third-order valence-electron chi connectivity index (χ3n) is 3.35. The Labute approximate surface area is 115 Å². The number of rotatable bonds is 1. The lowest BCUT2D eigenvalue weighted by Crippen LogP contribution is -2.31. The Hall–Kier alpha value is -1.55. The number of hydrogen-bond acceptors (Lipinski definition) is 3. The minimum Gasteiger partial charge on any atom is -0.398 e. The van der Waals surface area contributed by atoms with Gasteiger partial charge in [0.1, 0.15) is 5.82 Å². The quantitative estimate of drug-likeness (QED) is 0.824. The van der Waals surface area contributed by atoms with Gasteiger partial charge in [0.2, 0.25) is 0 Å². The van der Waals surface area contributed by atoms with Gasteiger partial charge in [-0.15, -0.1) is 0 Å². The Morgan fingerprint density at radius 2 is 2.11 bits per heavy atom. The van der Waals surface area contributed by atoms with E-state index in [2.05, 4.69) is 31.9 Å². The van der Waals surface area contributed by atoms with E-state index in [1.807, 2.05) is 30.5 Å². The van der Waals surface area contributed by atoms with Gasteiger partial charge in [-0.3, -0.25) is 0 Å². The maximum atomic E-state index is 6.06. The van der Waals surface area contributed by atoms with Crippen LogP contribution in [-0.4, -0.2) is 11.5 Å². The number of nitrogens with zero attached hydrogens (tertiary/aromatic N) is 2. The number of hydrogen-bond donors (Lipinski definition) is 1. The molecule has 3 nitrogen and oxygen atoms in total. The molecule has 2 aromatic rings. The average molecular weight is 304 g/mol. The molecule has 0 bridgehead atoms. The van der Waals surface area contributed by atoms with Crippen molar-refractivity contribution in [2.45, 2.75) is 13.0 Å². The molecular formula is C14H14BrN3. The minimum absolute atomic E-state index is 0.831. The monoisotopic (exact) mass is 303 g/mol. The Morgan fingerprint density at radius 3 is 2.94 bits per heavy atom. The molecule has 0 amide bonds. The van der Waals surface area contributed by atoms with Crippen LogP contribution in [0.15, 0.2) is 41.0 Å². The Bertz CT molecular complexity index is 583. The lowest BCUT2D eigenvalue weighted by atomic mass is 9.98. The molecule has 0 atom stereocenters. The Kier molecular flexibility index (Phi) is 2.96. The van der Waals surface area contributed by atoms with Crippen LogP contribution < -0.4 is 10.6 Å². The molecule has 1 aliphatic rings. The summed E-state index contributed by atoms with van der Waals surface area (Å²) in [5.41, 5.74) is 9.54. The zero-order valence-electron chi connectivity index (χ0n) is 9.94. The van der Waals surface area contributed by atoms with Crippen molar-refractivity contribution in [2.24, 2.45) is 0 Å². The SMILES string of the molecule is Nc1cccc2c1CN(c1ncccc1Br)CC2. The van der Waals surface area contributed by atoms with Gasteiger partial charge < -0.3 is 10.6 Å². The van der Waals surface area contributed by atoms with E-state index in [1.54, 1.807) is 0 Å². The number of halogens is 1. The number of nitrogens with two attached hydrogens (primary N) is 1. The third-order valence-corrected chi connectivity index (χ3v) is 3.97. The number of nitrogen functional groups attached to an aromatic ring is 1. The van der Waals surface area contributed by atoms with Gasteiger partial charge in [0.05, 0.1) is 4.47 Å². The van der Waals surface area contributed by atoms with Crippen molar-refractivity contribution >= 4 is 27.4 Å². The fraction of sp³-hybridized carbons (Fsp3) is 0.214. The van der Waals surface area contributed by atoms with Crippen molar-refractivity contribution in [2.75, 3.05) is 17.2 Å². The number of benzene rings is 1. The standard InChI is InChI=1S/C14H14BrN3/c15-12-4-2-7-17-14(12)18-8-6-10-3-1-5-13(16)11(10)9-18/h1-5,7H,6,8-9,16H2. The van der Waals surface area contributed by atoms with E-state index < -0.39 is 0 Å². The van der Waals surface area contributed by atoms with E-state index in [-0.39, 0.29) is 0 Å². The number of fused-ring (bicyclic) bond motifs is 1. The van der Waals surface area contributed by atoms with Crippen LogP contribution in [0.3, 0.4) is 0 Å². The number of anilines is 2. The molecule has 4 heteroatoms. The van der Waals surface area contributed by atoms with Gasteiger partial charge in [-0.25, -0.2) is 4.98 Å². The molecule has 0 aliphatic carbocycles. The van der Waals surface area contributed by atoms with Crippen molar-refractivity contribution in [1.29, 1.82) is 0 Å². The van der Waals surface area contributed by atoms with Crippen LogP contribution in [0, 0.1) is 0 Å². The molecule has 0 fully saturated rings. The fourth-order valence-electron chi connectivity index (χ4n) is 2.40. The molecule has 1 aromatic carbocycles. The molecule has 92 valence electrons. The van der Waals surface area contributed by atoms with Crippen LogP contribution in [0.2, 0.25) is 0 Å². The molecule has 0 saturated heterocycles. The topological polar surface area (TPSA) is 42.1 Å². The van der Waals surface area contributed by atoms with Crippen molar-refractivity contribution < 1.29 is 0 Å².